The van der Waals surface area contributed by atoms with Crippen LogP contribution in [0.25, 0.3) is 10.9 Å². The maximum absolute atomic E-state index is 13.0. The standard InChI is InChI=1S/C21H29N3O4S/c25-21(22-15-18-6-5-13-28-18)16-23-12-9-17-14-19(7-8-20(17)23)29(26,27)24-10-3-1-2-4-11-24/h7-9,12,14,18H,1-6,10-11,13,15-16H2,(H,22,25)/t18-/m0/s1. The van der Waals surface area contributed by atoms with E-state index in [1.54, 1.807) is 22.5 Å². The Hall–Kier alpha value is -1.90. The molecule has 29 heavy (non-hydrogen) atoms. The molecule has 8 heteroatoms. The number of fused-ring (bicyclic) bond motifs is 1. The number of carbonyl (C=O) groups excluding carboxylic acids is 1. The van der Waals surface area contributed by atoms with Crippen LogP contribution in [0.15, 0.2) is 35.4 Å². The highest BCUT2D eigenvalue weighted by atomic mass is 32.2. The predicted octanol–water partition coefficient (Wildman–Crippen LogP) is 2.50. The molecule has 2 aromatic rings. The number of hydrogen-bond donors (Lipinski definition) is 1. The monoisotopic (exact) mass is 419 g/mol. The third-order valence-corrected chi connectivity index (χ3v) is 7.70. The first kappa shape index (κ1) is 20.4. The summed E-state index contributed by atoms with van der Waals surface area (Å²) in [6.07, 6.45) is 7.99. The molecule has 1 N–H and O–H groups in total. The van der Waals surface area contributed by atoms with Gasteiger partial charge in [0.1, 0.15) is 6.54 Å². The molecule has 0 radical (unpaired) electrons. The minimum atomic E-state index is -3.48. The first-order chi connectivity index (χ1) is 14.0. The lowest BCUT2D eigenvalue weighted by Crippen LogP contribution is -2.34. The highest BCUT2D eigenvalue weighted by Gasteiger charge is 2.25. The number of amides is 1. The minimum absolute atomic E-state index is 0.0701. The van der Waals surface area contributed by atoms with Gasteiger partial charge in [0.15, 0.2) is 0 Å². The van der Waals surface area contributed by atoms with E-state index < -0.39 is 10.0 Å². The smallest absolute Gasteiger partial charge is 0.243 e. The van der Waals surface area contributed by atoms with Crippen molar-refractivity contribution in [3.63, 3.8) is 0 Å². The summed E-state index contributed by atoms with van der Waals surface area (Å²) in [6.45, 7) is 2.69. The van der Waals surface area contributed by atoms with Gasteiger partial charge in [0, 0.05) is 43.3 Å². The Morgan fingerprint density at radius 1 is 1.10 bits per heavy atom. The zero-order chi connectivity index (χ0) is 20.3. The maximum Gasteiger partial charge on any atom is 0.243 e. The molecule has 0 bridgehead atoms. The summed E-state index contributed by atoms with van der Waals surface area (Å²) in [5.74, 6) is -0.0701. The average molecular weight is 420 g/mol. The summed E-state index contributed by atoms with van der Waals surface area (Å²) in [5.41, 5.74) is 0.854. The Bertz CT molecular complexity index is 955. The van der Waals surface area contributed by atoms with Crippen LogP contribution in [0.2, 0.25) is 0 Å². The molecule has 0 saturated carbocycles. The van der Waals surface area contributed by atoms with Crippen molar-refractivity contribution in [2.45, 2.75) is 56.1 Å². The van der Waals surface area contributed by atoms with Gasteiger partial charge in [-0.1, -0.05) is 12.8 Å². The normalized spacial score (nSPS) is 21.3. The minimum Gasteiger partial charge on any atom is -0.376 e. The zero-order valence-electron chi connectivity index (χ0n) is 16.7. The lowest BCUT2D eigenvalue weighted by molar-refractivity contribution is -0.122. The van der Waals surface area contributed by atoms with Crippen LogP contribution in [-0.2, 0) is 26.1 Å². The molecule has 158 valence electrons. The maximum atomic E-state index is 13.0. The first-order valence-electron chi connectivity index (χ1n) is 10.5. The molecule has 2 aliphatic rings. The molecular formula is C21H29N3O4S. The van der Waals surface area contributed by atoms with E-state index in [-0.39, 0.29) is 18.6 Å². The molecule has 0 spiro atoms. The number of nitrogens with one attached hydrogen (secondary N) is 1. The van der Waals surface area contributed by atoms with Crippen molar-refractivity contribution in [1.82, 2.24) is 14.2 Å². The Kier molecular flexibility index (Phi) is 6.22. The number of nitrogens with zero attached hydrogens (tertiary/aromatic N) is 2. The fourth-order valence-electron chi connectivity index (χ4n) is 4.15. The number of carbonyl (C=O) groups is 1. The summed E-state index contributed by atoms with van der Waals surface area (Å²) in [5, 5.41) is 3.75. The lowest BCUT2D eigenvalue weighted by atomic mass is 10.2. The van der Waals surface area contributed by atoms with Gasteiger partial charge < -0.3 is 14.6 Å². The number of ether oxygens (including phenoxy) is 1. The second kappa shape index (κ2) is 8.85. The van der Waals surface area contributed by atoms with Crippen LogP contribution < -0.4 is 5.32 Å². The van der Waals surface area contributed by atoms with Crippen LogP contribution in [0.1, 0.15) is 38.5 Å². The van der Waals surface area contributed by atoms with Gasteiger partial charge in [-0.2, -0.15) is 4.31 Å². The Morgan fingerprint density at radius 2 is 1.90 bits per heavy atom. The van der Waals surface area contributed by atoms with E-state index in [1.807, 2.05) is 16.8 Å². The van der Waals surface area contributed by atoms with E-state index in [4.69, 9.17) is 4.74 Å². The summed E-state index contributed by atoms with van der Waals surface area (Å²) in [6, 6.07) is 7.04. The van der Waals surface area contributed by atoms with Crippen molar-refractivity contribution in [1.29, 1.82) is 0 Å². The van der Waals surface area contributed by atoms with Gasteiger partial charge in [0.2, 0.25) is 15.9 Å². The third kappa shape index (κ3) is 4.65. The van der Waals surface area contributed by atoms with Crippen molar-refractivity contribution in [3.8, 4) is 0 Å². The van der Waals surface area contributed by atoms with Crippen LogP contribution in [-0.4, -0.2) is 55.5 Å². The Morgan fingerprint density at radius 3 is 2.62 bits per heavy atom. The van der Waals surface area contributed by atoms with Crippen LogP contribution in [0.5, 0.6) is 0 Å². The van der Waals surface area contributed by atoms with Crippen molar-refractivity contribution >= 4 is 26.8 Å². The van der Waals surface area contributed by atoms with Crippen LogP contribution in [0.4, 0.5) is 0 Å². The molecule has 7 nitrogen and oxygen atoms in total. The lowest BCUT2D eigenvalue weighted by Gasteiger charge is -2.20. The van der Waals surface area contributed by atoms with E-state index in [2.05, 4.69) is 5.32 Å². The van der Waals surface area contributed by atoms with Crippen LogP contribution in [0, 0.1) is 0 Å². The van der Waals surface area contributed by atoms with Gasteiger partial charge in [0.05, 0.1) is 11.0 Å². The van der Waals surface area contributed by atoms with Gasteiger partial charge in [-0.15, -0.1) is 0 Å². The quantitative estimate of drug-likeness (QED) is 0.780. The van der Waals surface area contributed by atoms with E-state index in [1.165, 1.54) is 0 Å². The summed E-state index contributed by atoms with van der Waals surface area (Å²) in [4.78, 5) is 12.6. The topological polar surface area (TPSA) is 80.6 Å². The third-order valence-electron chi connectivity index (χ3n) is 5.81. The SMILES string of the molecule is O=C(Cn1ccc2cc(S(=O)(=O)N3CCCCCC3)ccc21)NC[C@@H]1CCCO1. The predicted molar refractivity (Wildman–Crippen MR) is 111 cm³/mol. The molecule has 2 aliphatic heterocycles. The molecule has 1 amide bonds. The Balaban J connectivity index is 1.46. The summed E-state index contributed by atoms with van der Waals surface area (Å²) >= 11 is 0. The van der Waals surface area contributed by atoms with Crippen molar-refractivity contribution in [2.75, 3.05) is 26.2 Å². The summed E-state index contributed by atoms with van der Waals surface area (Å²) < 4.78 is 35.0. The molecule has 2 saturated heterocycles. The molecule has 0 aliphatic carbocycles. The van der Waals surface area contributed by atoms with Crippen LogP contribution >= 0.6 is 0 Å². The van der Waals surface area contributed by atoms with Gasteiger partial charge in [-0.25, -0.2) is 8.42 Å². The average Bonchev–Trinajstić information content (AvgIpc) is 3.28. The highest BCUT2D eigenvalue weighted by molar-refractivity contribution is 7.89. The van der Waals surface area contributed by atoms with Gasteiger partial charge >= 0.3 is 0 Å². The van der Waals surface area contributed by atoms with E-state index in [0.717, 1.165) is 56.0 Å². The number of hydrogen-bond acceptors (Lipinski definition) is 4. The van der Waals surface area contributed by atoms with Crippen molar-refractivity contribution < 1.29 is 17.9 Å². The van der Waals surface area contributed by atoms with Crippen LogP contribution in [0.3, 0.4) is 0 Å². The second-order valence-electron chi connectivity index (χ2n) is 7.92. The highest BCUT2D eigenvalue weighted by Crippen LogP contribution is 2.25. The largest absolute Gasteiger partial charge is 0.376 e. The number of rotatable bonds is 6. The number of sulfonamides is 1. The molecule has 0 unspecified atom stereocenters. The fourth-order valence-corrected chi connectivity index (χ4v) is 5.70. The number of aromatic nitrogens is 1. The molecule has 4 rings (SSSR count). The van der Waals surface area contributed by atoms with Gasteiger partial charge in [0.25, 0.3) is 0 Å². The first-order valence-corrected chi connectivity index (χ1v) is 12.0. The molecule has 1 atom stereocenters. The van der Waals surface area contributed by atoms with E-state index >= 15 is 0 Å². The zero-order valence-corrected chi connectivity index (χ0v) is 17.5. The van der Waals surface area contributed by atoms with E-state index in [0.29, 0.717) is 24.5 Å². The molecule has 3 heterocycles. The molecule has 1 aromatic heterocycles. The summed E-state index contributed by atoms with van der Waals surface area (Å²) in [7, 11) is -3.48. The molecule has 2 fully saturated rings. The van der Waals surface area contributed by atoms with Gasteiger partial charge in [-0.05, 0) is 49.9 Å². The molecular weight excluding hydrogens is 390 g/mol. The van der Waals surface area contributed by atoms with Crippen molar-refractivity contribution in [3.05, 3.63) is 30.5 Å². The fraction of sp³-hybridized carbons (Fsp3) is 0.571. The van der Waals surface area contributed by atoms with Gasteiger partial charge in [-0.3, -0.25) is 4.79 Å². The van der Waals surface area contributed by atoms with Crippen molar-refractivity contribution in [2.24, 2.45) is 0 Å². The number of benzene rings is 1. The second-order valence-corrected chi connectivity index (χ2v) is 9.86. The Labute approximate surface area is 172 Å². The van der Waals surface area contributed by atoms with E-state index in [9.17, 15) is 13.2 Å². The molecule has 1 aromatic carbocycles.